The van der Waals surface area contributed by atoms with E-state index in [1.54, 1.807) is 11.6 Å². The van der Waals surface area contributed by atoms with Crippen molar-refractivity contribution in [2.24, 2.45) is 7.05 Å². The van der Waals surface area contributed by atoms with Crippen LogP contribution in [-0.4, -0.2) is 29.7 Å². The number of nitrogen functional groups attached to an aromatic ring is 1. The van der Waals surface area contributed by atoms with Gasteiger partial charge in [-0.25, -0.2) is 4.98 Å². The van der Waals surface area contributed by atoms with E-state index in [0.29, 0.717) is 5.16 Å². The molecule has 2 rings (SSSR count). The Morgan fingerprint density at radius 3 is 2.78 bits per heavy atom. The lowest BCUT2D eigenvalue weighted by molar-refractivity contribution is -0.389. The number of rotatable bonds is 3. The van der Waals surface area contributed by atoms with E-state index < -0.39 is 4.92 Å². The van der Waals surface area contributed by atoms with Crippen LogP contribution >= 0.6 is 11.8 Å². The summed E-state index contributed by atoms with van der Waals surface area (Å²) in [6.07, 6.45) is 1.49. The molecule has 94 valence electrons. The van der Waals surface area contributed by atoms with Gasteiger partial charge in [0.15, 0.2) is 10.2 Å². The molecule has 0 atom stereocenters. The van der Waals surface area contributed by atoms with Crippen molar-refractivity contribution in [3.8, 4) is 0 Å². The van der Waals surface area contributed by atoms with Crippen LogP contribution in [0, 0.1) is 17.0 Å². The third-order valence-corrected chi connectivity index (χ3v) is 3.11. The van der Waals surface area contributed by atoms with Gasteiger partial charge in [0.2, 0.25) is 5.95 Å². The van der Waals surface area contributed by atoms with Crippen LogP contribution in [0.15, 0.2) is 16.5 Å². The van der Waals surface area contributed by atoms with Gasteiger partial charge in [0, 0.05) is 7.05 Å². The molecule has 2 heterocycles. The zero-order valence-electron chi connectivity index (χ0n) is 9.56. The first-order chi connectivity index (χ1) is 8.49. The molecule has 0 unspecified atom stereocenters. The molecule has 2 N–H and O–H groups in total. The Morgan fingerprint density at radius 2 is 2.22 bits per heavy atom. The number of nitro groups is 1. The molecule has 2 aromatic heterocycles. The lowest BCUT2D eigenvalue weighted by Crippen LogP contribution is -2.04. The fourth-order valence-corrected chi connectivity index (χ4v) is 2.20. The predicted octanol–water partition coefficient (Wildman–Crippen LogP) is 0.555. The summed E-state index contributed by atoms with van der Waals surface area (Å²) >= 11 is 1.02. The van der Waals surface area contributed by atoms with E-state index in [4.69, 9.17) is 5.73 Å². The van der Waals surface area contributed by atoms with Gasteiger partial charge >= 0.3 is 5.69 Å². The highest BCUT2D eigenvalue weighted by atomic mass is 32.2. The molecule has 0 saturated heterocycles. The monoisotopic (exact) mass is 267 g/mol. The third kappa shape index (κ3) is 2.22. The molecule has 0 aliphatic rings. The van der Waals surface area contributed by atoms with E-state index in [9.17, 15) is 10.1 Å². The first kappa shape index (κ1) is 12.2. The molecule has 0 bridgehead atoms. The van der Waals surface area contributed by atoms with Crippen LogP contribution in [0.25, 0.3) is 0 Å². The van der Waals surface area contributed by atoms with Crippen LogP contribution in [-0.2, 0) is 7.05 Å². The Labute approximate surface area is 106 Å². The van der Waals surface area contributed by atoms with Crippen LogP contribution in [0.1, 0.15) is 5.69 Å². The second kappa shape index (κ2) is 4.56. The summed E-state index contributed by atoms with van der Waals surface area (Å²) in [5.41, 5.74) is 5.54. The number of aromatic nitrogens is 5. The second-order valence-corrected chi connectivity index (χ2v) is 4.36. The lowest BCUT2D eigenvalue weighted by Gasteiger charge is -2.04. The smallest absolute Gasteiger partial charge is 0.322 e. The van der Waals surface area contributed by atoms with E-state index >= 15 is 0 Å². The van der Waals surface area contributed by atoms with Crippen LogP contribution in [0.3, 0.4) is 0 Å². The van der Waals surface area contributed by atoms with Gasteiger partial charge in [-0.2, -0.15) is 4.98 Å². The van der Waals surface area contributed by atoms with E-state index in [0.717, 1.165) is 11.8 Å². The summed E-state index contributed by atoms with van der Waals surface area (Å²) in [6.45, 7) is 1.51. The molecule has 0 fully saturated rings. The maximum Gasteiger partial charge on any atom is 0.322 e. The highest BCUT2D eigenvalue weighted by Crippen LogP contribution is 2.33. The lowest BCUT2D eigenvalue weighted by atomic mass is 10.4. The molecule has 0 spiro atoms. The Balaban J connectivity index is 2.49. The topological polar surface area (TPSA) is 126 Å². The van der Waals surface area contributed by atoms with Gasteiger partial charge in [-0.1, -0.05) is 0 Å². The third-order valence-electron chi connectivity index (χ3n) is 2.08. The minimum Gasteiger partial charge on any atom is -0.368 e. The summed E-state index contributed by atoms with van der Waals surface area (Å²) in [5.74, 6) is -0.0113. The van der Waals surface area contributed by atoms with Crippen LogP contribution in [0.2, 0.25) is 0 Å². The molecule has 0 saturated carbocycles. The van der Waals surface area contributed by atoms with Crippen molar-refractivity contribution in [3.05, 3.63) is 22.1 Å². The molecule has 9 nitrogen and oxygen atoms in total. The normalized spacial score (nSPS) is 10.6. The summed E-state index contributed by atoms with van der Waals surface area (Å²) in [6, 6.07) is 0. The van der Waals surface area contributed by atoms with Crippen LogP contribution in [0.4, 0.5) is 11.6 Å². The molecule has 0 radical (unpaired) electrons. The molecule has 0 aromatic carbocycles. The second-order valence-electron chi connectivity index (χ2n) is 3.40. The average Bonchev–Trinajstić information content (AvgIpc) is 2.62. The van der Waals surface area contributed by atoms with Gasteiger partial charge in [0.1, 0.15) is 12.0 Å². The molecule has 0 aliphatic carbocycles. The number of hydrogen-bond acceptors (Lipinski definition) is 8. The van der Waals surface area contributed by atoms with Gasteiger partial charge in [0.25, 0.3) is 0 Å². The standard InChI is InChI=1S/C8H9N7O2S/c1-4-5(15(16)17)6(12-7(9)11-4)18-8-13-10-3-14(8)2/h3H,1-2H3,(H2,9,11,12). The van der Waals surface area contributed by atoms with Crippen molar-refractivity contribution in [1.82, 2.24) is 24.7 Å². The van der Waals surface area contributed by atoms with Crippen molar-refractivity contribution in [2.75, 3.05) is 5.73 Å². The number of nitrogens with two attached hydrogens (primary N) is 1. The van der Waals surface area contributed by atoms with Gasteiger partial charge < -0.3 is 10.3 Å². The van der Waals surface area contributed by atoms with Crippen molar-refractivity contribution in [1.29, 1.82) is 0 Å². The molecule has 0 aliphatic heterocycles. The highest BCUT2D eigenvalue weighted by molar-refractivity contribution is 7.99. The Bertz CT molecular complexity index is 611. The van der Waals surface area contributed by atoms with Crippen LogP contribution < -0.4 is 5.73 Å². The van der Waals surface area contributed by atoms with Crippen molar-refractivity contribution in [3.63, 3.8) is 0 Å². The molecular weight excluding hydrogens is 258 g/mol. The van der Waals surface area contributed by atoms with E-state index in [1.807, 2.05) is 0 Å². The summed E-state index contributed by atoms with van der Waals surface area (Å²) in [5, 5.41) is 19.1. The SMILES string of the molecule is Cc1nc(N)nc(Sc2nncn2C)c1[N+](=O)[O-]. The first-order valence-corrected chi connectivity index (χ1v) is 5.61. The van der Waals surface area contributed by atoms with Crippen molar-refractivity contribution >= 4 is 23.4 Å². The molecule has 0 amide bonds. The minimum absolute atomic E-state index is 0.0113. The zero-order chi connectivity index (χ0) is 13.3. The van der Waals surface area contributed by atoms with Crippen molar-refractivity contribution in [2.45, 2.75) is 17.1 Å². The number of aryl methyl sites for hydroxylation is 2. The van der Waals surface area contributed by atoms with Crippen molar-refractivity contribution < 1.29 is 4.92 Å². The average molecular weight is 267 g/mol. The van der Waals surface area contributed by atoms with Gasteiger partial charge in [-0.05, 0) is 18.7 Å². The molecule has 18 heavy (non-hydrogen) atoms. The predicted molar refractivity (Wildman–Crippen MR) is 63.0 cm³/mol. The maximum absolute atomic E-state index is 11.0. The summed E-state index contributed by atoms with van der Waals surface area (Å²) in [7, 11) is 1.73. The quantitative estimate of drug-likeness (QED) is 0.485. The fraction of sp³-hybridized carbons (Fsp3) is 0.250. The number of anilines is 1. The zero-order valence-corrected chi connectivity index (χ0v) is 10.4. The minimum atomic E-state index is -0.534. The Kier molecular flexibility index (Phi) is 3.10. The Morgan fingerprint density at radius 1 is 1.50 bits per heavy atom. The molecular formula is C8H9N7O2S. The largest absolute Gasteiger partial charge is 0.368 e. The van der Waals surface area contributed by atoms with E-state index in [2.05, 4.69) is 20.2 Å². The Hall–Kier alpha value is -2.23. The van der Waals surface area contributed by atoms with Gasteiger partial charge in [0.05, 0.1) is 4.92 Å². The highest BCUT2D eigenvalue weighted by Gasteiger charge is 2.23. The number of nitrogens with zero attached hydrogens (tertiary/aromatic N) is 6. The summed E-state index contributed by atoms with van der Waals surface area (Å²) < 4.78 is 1.63. The van der Waals surface area contributed by atoms with E-state index in [-0.39, 0.29) is 22.4 Å². The molecule has 2 aromatic rings. The van der Waals surface area contributed by atoms with Gasteiger partial charge in [-0.3, -0.25) is 10.1 Å². The van der Waals surface area contributed by atoms with Gasteiger partial charge in [-0.15, -0.1) is 10.2 Å². The van der Waals surface area contributed by atoms with E-state index in [1.165, 1.54) is 13.3 Å². The van der Waals surface area contributed by atoms with Crippen LogP contribution in [0.5, 0.6) is 0 Å². The number of hydrogen-bond donors (Lipinski definition) is 1. The fourth-order valence-electron chi connectivity index (χ4n) is 1.29. The first-order valence-electron chi connectivity index (χ1n) is 4.79. The maximum atomic E-state index is 11.0. The summed E-state index contributed by atoms with van der Waals surface area (Å²) in [4.78, 5) is 18.1. The molecule has 10 heteroatoms.